The van der Waals surface area contributed by atoms with E-state index in [1.807, 2.05) is 42.6 Å². The van der Waals surface area contributed by atoms with Crippen LogP contribution >= 0.6 is 11.6 Å². The third-order valence-corrected chi connectivity index (χ3v) is 6.34. The number of para-hydroxylation sites is 3. The maximum Gasteiger partial charge on any atom is 0.317 e. The Labute approximate surface area is 205 Å². The van der Waals surface area contributed by atoms with Gasteiger partial charge in [0.25, 0.3) is 0 Å². The zero-order valence-corrected chi connectivity index (χ0v) is 19.6. The number of carbonyl (C=O) groups is 1. The molecule has 0 atom stereocenters. The first-order valence-corrected chi connectivity index (χ1v) is 11.7. The average molecular weight is 487 g/mol. The minimum Gasteiger partial charge on any atom is -0.361 e. The van der Waals surface area contributed by atoms with Crippen LogP contribution in [0.25, 0.3) is 21.9 Å². The molecule has 8 heteroatoms. The summed E-state index contributed by atoms with van der Waals surface area (Å²) in [4.78, 5) is 42.0. The first-order valence-electron chi connectivity index (χ1n) is 11.3. The number of rotatable bonds is 7. The third kappa shape index (κ3) is 4.63. The van der Waals surface area contributed by atoms with Crippen LogP contribution in [0.15, 0.2) is 88.6 Å². The van der Waals surface area contributed by atoms with E-state index in [9.17, 15) is 14.4 Å². The van der Waals surface area contributed by atoms with Gasteiger partial charge in [-0.3, -0.25) is 23.5 Å². The van der Waals surface area contributed by atoms with Gasteiger partial charge in [-0.05, 0) is 47.9 Å². The molecule has 0 unspecified atom stereocenters. The minimum atomic E-state index is -0.732. The third-order valence-electron chi connectivity index (χ3n) is 6.08. The van der Waals surface area contributed by atoms with Crippen molar-refractivity contribution in [1.82, 2.24) is 19.4 Å². The second-order valence-corrected chi connectivity index (χ2v) is 8.79. The van der Waals surface area contributed by atoms with Crippen LogP contribution in [0.2, 0.25) is 5.02 Å². The molecule has 5 aromatic rings. The van der Waals surface area contributed by atoms with Crippen LogP contribution in [0, 0.1) is 0 Å². The Bertz CT molecular complexity index is 1650. The van der Waals surface area contributed by atoms with Crippen molar-refractivity contribution in [2.45, 2.75) is 19.5 Å². The molecule has 0 spiro atoms. The number of nitrogens with one attached hydrogen (secondary N) is 2. The average Bonchev–Trinajstić information content (AvgIpc) is 3.29. The summed E-state index contributed by atoms with van der Waals surface area (Å²) in [7, 11) is 0. The van der Waals surface area contributed by atoms with Crippen molar-refractivity contribution >= 4 is 39.4 Å². The van der Waals surface area contributed by atoms with Crippen molar-refractivity contribution < 1.29 is 4.79 Å². The van der Waals surface area contributed by atoms with E-state index in [4.69, 9.17) is 11.6 Å². The number of halogens is 1. The number of H-pyrrole nitrogens is 1. The molecule has 0 aliphatic heterocycles. The monoisotopic (exact) mass is 486 g/mol. The van der Waals surface area contributed by atoms with Crippen LogP contribution in [-0.4, -0.2) is 26.6 Å². The summed E-state index contributed by atoms with van der Waals surface area (Å²) in [5, 5.41) is 4.58. The van der Waals surface area contributed by atoms with E-state index in [1.54, 1.807) is 36.4 Å². The van der Waals surface area contributed by atoms with Gasteiger partial charge >= 0.3 is 11.1 Å². The van der Waals surface area contributed by atoms with Crippen LogP contribution in [0.4, 0.5) is 0 Å². The van der Waals surface area contributed by atoms with E-state index < -0.39 is 11.1 Å². The highest BCUT2D eigenvalue weighted by molar-refractivity contribution is 6.30. The number of benzene rings is 3. The Morgan fingerprint density at radius 2 is 1.51 bits per heavy atom. The number of amides is 1. The smallest absolute Gasteiger partial charge is 0.317 e. The number of aromatic amines is 1. The molecule has 0 fully saturated rings. The van der Waals surface area contributed by atoms with E-state index in [1.165, 1.54) is 9.13 Å². The number of carbonyl (C=O) groups excluding carboxylic acids is 1. The first kappa shape index (κ1) is 22.7. The van der Waals surface area contributed by atoms with Crippen LogP contribution in [-0.2, 0) is 24.3 Å². The molecular weight excluding hydrogens is 464 g/mol. The molecule has 5 rings (SSSR count). The molecule has 1 amide bonds. The summed E-state index contributed by atoms with van der Waals surface area (Å²) in [5.41, 5.74) is 2.69. The molecule has 2 aromatic heterocycles. The van der Waals surface area contributed by atoms with E-state index in [2.05, 4.69) is 10.3 Å². The normalized spacial score (nSPS) is 11.2. The highest BCUT2D eigenvalue weighted by Gasteiger charge is 2.15. The number of aromatic nitrogens is 3. The predicted octanol–water partition coefficient (Wildman–Crippen LogP) is 3.71. The number of hydrogen-bond donors (Lipinski definition) is 2. The van der Waals surface area contributed by atoms with Gasteiger partial charge in [0.2, 0.25) is 5.91 Å². The van der Waals surface area contributed by atoms with Crippen molar-refractivity contribution in [2.24, 2.45) is 0 Å². The van der Waals surface area contributed by atoms with Gasteiger partial charge in [0.15, 0.2) is 0 Å². The van der Waals surface area contributed by atoms with Crippen molar-refractivity contribution in [3.8, 4) is 0 Å². The number of fused-ring (bicyclic) bond motifs is 2. The molecule has 3 aromatic carbocycles. The topological polar surface area (TPSA) is 88.9 Å². The Balaban J connectivity index is 1.36. The van der Waals surface area contributed by atoms with Gasteiger partial charge in [0, 0.05) is 28.7 Å². The van der Waals surface area contributed by atoms with Crippen molar-refractivity contribution in [3.05, 3.63) is 116 Å². The number of nitrogens with zero attached hydrogens (tertiary/aromatic N) is 2. The van der Waals surface area contributed by atoms with E-state index in [0.717, 1.165) is 22.0 Å². The second-order valence-electron chi connectivity index (χ2n) is 8.36. The van der Waals surface area contributed by atoms with Gasteiger partial charge in [-0.1, -0.05) is 54.1 Å². The lowest BCUT2D eigenvalue weighted by molar-refractivity contribution is -0.121. The maximum absolute atomic E-state index is 13.0. The Hall–Kier alpha value is -4.10. The Kier molecular flexibility index (Phi) is 6.25. The second kappa shape index (κ2) is 9.64. The van der Waals surface area contributed by atoms with Gasteiger partial charge in [-0.25, -0.2) is 0 Å². The molecule has 0 radical (unpaired) electrons. The molecule has 0 aliphatic rings. The van der Waals surface area contributed by atoms with Gasteiger partial charge in [-0.15, -0.1) is 0 Å². The zero-order chi connectivity index (χ0) is 24.4. The van der Waals surface area contributed by atoms with Crippen molar-refractivity contribution in [2.75, 3.05) is 6.54 Å². The zero-order valence-electron chi connectivity index (χ0n) is 18.8. The highest BCUT2D eigenvalue weighted by Crippen LogP contribution is 2.18. The van der Waals surface area contributed by atoms with Crippen molar-refractivity contribution in [3.63, 3.8) is 0 Å². The van der Waals surface area contributed by atoms with Gasteiger partial charge in [0.05, 0.1) is 17.6 Å². The quantitative estimate of drug-likeness (QED) is 0.344. The number of hydrogen-bond acceptors (Lipinski definition) is 3. The highest BCUT2D eigenvalue weighted by atomic mass is 35.5. The van der Waals surface area contributed by atoms with E-state index in [-0.39, 0.29) is 19.0 Å². The summed E-state index contributed by atoms with van der Waals surface area (Å²) in [6.45, 7) is 0.411. The summed E-state index contributed by atoms with van der Waals surface area (Å²) in [6, 6.07) is 22.2. The summed E-state index contributed by atoms with van der Waals surface area (Å²) in [5.74, 6) is -0.327. The minimum absolute atomic E-state index is 0.226. The lowest BCUT2D eigenvalue weighted by Gasteiger charge is -2.15. The lowest BCUT2D eigenvalue weighted by Crippen LogP contribution is -2.44. The molecule has 176 valence electrons. The van der Waals surface area contributed by atoms with E-state index in [0.29, 0.717) is 29.0 Å². The Morgan fingerprint density at radius 1 is 0.857 bits per heavy atom. The van der Waals surface area contributed by atoms with E-state index >= 15 is 0 Å². The SMILES string of the molecule is O=C(Cn1c(=O)c(=O)n(Cc2ccc(Cl)cc2)c2ccccc21)NCCc1c[nH]c2ccccc12. The van der Waals surface area contributed by atoms with Crippen LogP contribution < -0.4 is 16.4 Å². The standard InChI is InChI=1S/C27H23ClN4O3/c28-20-11-9-18(10-12-20)16-31-23-7-3-4-8-24(23)32(27(35)26(31)34)17-25(33)29-14-13-19-15-30-22-6-2-1-5-21(19)22/h1-12,15,30H,13-14,16-17H2,(H,29,33). The summed E-state index contributed by atoms with van der Waals surface area (Å²) < 4.78 is 2.68. The van der Waals surface area contributed by atoms with Gasteiger partial charge < -0.3 is 10.3 Å². The summed E-state index contributed by atoms with van der Waals surface area (Å²) in [6.07, 6.45) is 2.59. The first-order chi connectivity index (χ1) is 17.0. The molecule has 0 aliphatic carbocycles. The largest absolute Gasteiger partial charge is 0.361 e. The fourth-order valence-electron chi connectivity index (χ4n) is 4.33. The van der Waals surface area contributed by atoms with Crippen LogP contribution in [0.3, 0.4) is 0 Å². The predicted molar refractivity (Wildman–Crippen MR) is 138 cm³/mol. The molecule has 35 heavy (non-hydrogen) atoms. The maximum atomic E-state index is 13.0. The fraction of sp³-hybridized carbons (Fsp3) is 0.148. The molecule has 2 N–H and O–H groups in total. The molecule has 7 nitrogen and oxygen atoms in total. The molecule has 0 bridgehead atoms. The fourth-order valence-corrected chi connectivity index (χ4v) is 4.46. The van der Waals surface area contributed by atoms with Gasteiger partial charge in [-0.2, -0.15) is 0 Å². The van der Waals surface area contributed by atoms with Crippen LogP contribution in [0.1, 0.15) is 11.1 Å². The Morgan fingerprint density at radius 3 is 2.29 bits per heavy atom. The molecule has 0 saturated carbocycles. The molecule has 0 saturated heterocycles. The van der Waals surface area contributed by atoms with Gasteiger partial charge in [0.1, 0.15) is 6.54 Å². The lowest BCUT2D eigenvalue weighted by atomic mass is 10.1. The summed E-state index contributed by atoms with van der Waals surface area (Å²) >= 11 is 5.96. The van der Waals surface area contributed by atoms with Crippen molar-refractivity contribution in [1.29, 1.82) is 0 Å². The molecule has 2 heterocycles. The van der Waals surface area contributed by atoms with Crippen LogP contribution in [0.5, 0.6) is 0 Å². The molecular formula is C27H23ClN4O3.